The van der Waals surface area contributed by atoms with E-state index in [1.165, 1.54) is 5.56 Å². The number of aromatic nitrogens is 4. The highest BCUT2D eigenvalue weighted by molar-refractivity contribution is 5.80. The number of nitrogen functional groups attached to an aromatic ring is 1. The maximum Gasteiger partial charge on any atom is 0.183 e. The van der Waals surface area contributed by atoms with Crippen LogP contribution in [0.2, 0.25) is 0 Å². The van der Waals surface area contributed by atoms with Crippen molar-refractivity contribution in [3.63, 3.8) is 0 Å². The monoisotopic (exact) mass is 269 g/mol. The lowest BCUT2D eigenvalue weighted by molar-refractivity contribution is 0.414. The van der Waals surface area contributed by atoms with Gasteiger partial charge in [0.1, 0.15) is 17.1 Å². The zero-order valence-electron chi connectivity index (χ0n) is 11.1. The number of anilines is 1. The molecule has 102 valence electrons. The minimum absolute atomic E-state index is 0.442. The molecule has 0 atom stereocenters. The molecular formula is C14H15N5O. The minimum atomic E-state index is 0.442. The number of nitrogens with one attached hydrogen (secondary N) is 1. The van der Waals surface area contributed by atoms with Crippen molar-refractivity contribution >= 4 is 17.0 Å². The minimum Gasteiger partial charge on any atom is -0.497 e. The third kappa shape index (κ3) is 2.40. The number of imidazole rings is 1. The lowest BCUT2D eigenvalue weighted by Gasteiger charge is -2.04. The number of rotatable bonds is 4. The molecule has 0 spiro atoms. The van der Waals surface area contributed by atoms with Crippen LogP contribution in [0, 0.1) is 0 Å². The van der Waals surface area contributed by atoms with Gasteiger partial charge in [0.15, 0.2) is 11.5 Å². The van der Waals surface area contributed by atoms with E-state index in [2.05, 4.69) is 19.9 Å². The molecule has 6 nitrogen and oxygen atoms in total. The third-order valence-corrected chi connectivity index (χ3v) is 3.16. The van der Waals surface area contributed by atoms with Gasteiger partial charge in [0.05, 0.1) is 13.4 Å². The van der Waals surface area contributed by atoms with Crippen LogP contribution in [-0.4, -0.2) is 27.0 Å². The summed E-state index contributed by atoms with van der Waals surface area (Å²) in [5, 5.41) is 0. The molecule has 2 aromatic heterocycles. The van der Waals surface area contributed by atoms with Gasteiger partial charge in [-0.05, 0) is 24.1 Å². The standard InChI is InChI=1S/C14H15N5O/c1-20-10-5-2-9(3-6-10)4-7-11-18-13(15)12-14(19-11)17-8-16-12/h2-3,5-6,8H,4,7H2,1H3,(H3,15,16,17,18,19). The smallest absolute Gasteiger partial charge is 0.183 e. The van der Waals surface area contributed by atoms with Crippen LogP contribution in [0.3, 0.4) is 0 Å². The van der Waals surface area contributed by atoms with Gasteiger partial charge in [0.2, 0.25) is 0 Å². The fourth-order valence-corrected chi connectivity index (χ4v) is 2.06. The molecule has 0 radical (unpaired) electrons. The number of nitrogens with zero attached hydrogens (tertiary/aromatic N) is 3. The molecule has 0 saturated heterocycles. The molecule has 3 aromatic rings. The van der Waals surface area contributed by atoms with Crippen molar-refractivity contribution in [1.82, 2.24) is 19.9 Å². The van der Waals surface area contributed by atoms with Crippen LogP contribution in [0.5, 0.6) is 5.75 Å². The summed E-state index contributed by atoms with van der Waals surface area (Å²) in [6.45, 7) is 0. The van der Waals surface area contributed by atoms with Crippen LogP contribution in [0.1, 0.15) is 11.4 Å². The van der Waals surface area contributed by atoms with Gasteiger partial charge in [-0.2, -0.15) is 0 Å². The van der Waals surface area contributed by atoms with E-state index in [9.17, 15) is 0 Å². The van der Waals surface area contributed by atoms with E-state index in [1.807, 2.05) is 24.3 Å². The van der Waals surface area contributed by atoms with Crippen LogP contribution in [0.4, 0.5) is 5.82 Å². The van der Waals surface area contributed by atoms with Crippen molar-refractivity contribution in [2.24, 2.45) is 0 Å². The zero-order valence-corrected chi connectivity index (χ0v) is 11.1. The molecule has 0 fully saturated rings. The molecule has 0 aliphatic carbocycles. The van der Waals surface area contributed by atoms with E-state index >= 15 is 0 Å². The Balaban J connectivity index is 1.75. The predicted octanol–water partition coefficient (Wildman–Crippen LogP) is 1.73. The second kappa shape index (κ2) is 5.16. The van der Waals surface area contributed by atoms with Crippen LogP contribution < -0.4 is 10.5 Å². The Morgan fingerprint density at radius 2 is 1.95 bits per heavy atom. The summed E-state index contributed by atoms with van der Waals surface area (Å²) < 4.78 is 5.13. The normalized spacial score (nSPS) is 10.8. The van der Waals surface area contributed by atoms with Crippen molar-refractivity contribution in [1.29, 1.82) is 0 Å². The number of benzene rings is 1. The van der Waals surface area contributed by atoms with E-state index in [4.69, 9.17) is 10.5 Å². The SMILES string of the molecule is COc1ccc(CCc2nc(N)c3[nH]cnc3n2)cc1. The first kappa shape index (κ1) is 12.4. The molecule has 6 heteroatoms. The highest BCUT2D eigenvalue weighted by Gasteiger charge is 2.07. The lowest BCUT2D eigenvalue weighted by Crippen LogP contribution is -2.02. The molecule has 3 N–H and O–H groups in total. The largest absolute Gasteiger partial charge is 0.497 e. The van der Waals surface area contributed by atoms with Crippen molar-refractivity contribution in [2.45, 2.75) is 12.8 Å². The van der Waals surface area contributed by atoms with E-state index < -0.39 is 0 Å². The molecule has 1 aromatic carbocycles. The quantitative estimate of drug-likeness (QED) is 0.752. The molecular weight excluding hydrogens is 254 g/mol. The van der Waals surface area contributed by atoms with Crippen molar-refractivity contribution in [3.05, 3.63) is 42.0 Å². The van der Waals surface area contributed by atoms with Crippen molar-refractivity contribution < 1.29 is 4.74 Å². The van der Waals surface area contributed by atoms with Crippen LogP contribution >= 0.6 is 0 Å². The Labute approximate surface area is 116 Å². The second-order valence-corrected chi connectivity index (χ2v) is 4.47. The lowest BCUT2D eigenvalue weighted by atomic mass is 10.1. The summed E-state index contributed by atoms with van der Waals surface area (Å²) in [7, 11) is 1.66. The topological polar surface area (TPSA) is 89.7 Å². The average Bonchev–Trinajstić information content (AvgIpc) is 2.94. The van der Waals surface area contributed by atoms with Gasteiger partial charge < -0.3 is 15.5 Å². The summed E-state index contributed by atoms with van der Waals surface area (Å²) >= 11 is 0. The molecule has 2 heterocycles. The maximum absolute atomic E-state index is 5.87. The van der Waals surface area contributed by atoms with Crippen LogP contribution in [-0.2, 0) is 12.8 Å². The maximum atomic E-state index is 5.87. The molecule has 0 unspecified atom stereocenters. The van der Waals surface area contributed by atoms with Gasteiger partial charge in [-0.25, -0.2) is 15.0 Å². The molecule has 0 aliphatic heterocycles. The molecule has 3 rings (SSSR count). The first-order chi connectivity index (χ1) is 9.76. The summed E-state index contributed by atoms with van der Waals surface area (Å²) in [4.78, 5) is 15.7. The van der Waals surface area contributed by atoms with E-state index in [1.54, 1.807) is 13.4 Å². The van der Waals surface area contributed by atoms with E-state index in [0.717, 1.165) is 18.6 Å². The molecule has 0 bridgehead atoms. The number of ether oxygens (including phenoxy) is 1. The van der Waals surface area contributed by atoms with Gasteiger partial charge in [0, 0.05) is 6.42 Å². The summed E-state index contributed by atoms with van der Waals surface area (Å²) in [5.41, 5.74) is 8.38. The highest BCUT2D eigenvalue weighted by atomic mass is 16.5. The zero-order chi connectivity index (χ0) is 13.9. The Morgan fingerprint density at radius 1 is 1.15 bits per heavy atom. The van der Waals surface area contributed by atoms with Crippen LogP contribution in [0.25, 0.3) is 11.2 Å². The molecule has 20 heavy (non-hydrogen) atoms. The highest BCUT2D eigenvalue weighted by Crippen LogP contribution is 2.15. The summed E-state index contributed by atoms with van der Waals surface area (Å²) in [6, 6.07) is 7.97. The van der Waals surface area contributed by atoms with Gasteiger partial charge >= 0.3 is 0 Å². The number of methoxy groups -OCH3 is 1. The fourth-order valence-electron chi connectivity index (χ4n) is 2.06. The van der Waals surface area contributed by atoms with Crippen LogP contribution in [0.15, 0.2) is 30.6 Å². The third-order valence-electron chi connectivity index (χ3n) is 3.16. The number of hydrogen-bond acceptors (Lipinski definition) is 5. The second-order valence-electron chi connectivity index (χ2n) is 4.47. The molecule has 0 saturated carbocycles. The van der Waals surface area contributed by atoms with Gasteiger partial charge in [-0.15, -0.1) is 0 Å². The average molecular weight is 269 g/mol. The van der Waals surface area contributed by atoms with E-state index in [0.29, 0.717) is 22.8 Å². The Hall–Kier alpha value is -2.63. The first-order valence-electron chi connectivity index (χ1n) is 6.34. The van der Waals surface area contributed by atoms with Crippen molar-refractivity contribution in [3.8, 4) is 5.75 Å². The predicted molar refractivity (Wildman–Crippen MR) is 76.5 cm³/mol. The first-order valence-corrected chi connectivity index (χ1v) is 6.34. The summed E-state index contributed by atoms with van der Waals surface area (Å²) in [6.07, 6.45) is 3.14. The Morgan fingerprint density at radius 3 is 2.70 bits per heavy atom. The summed E-state index contributed by atoms with van der Waals surface area (Å²) in [5.74, 6) is 2.00. The van der Waals surface area contributed by atoms with Gasteiger partial charge in [-0.3, -0.25) is 0 Å². The molecule has 0 aliphatic rings. The Bertz CT molecular complexity index is 720. The number of fused-ring (bicyclic) bond motifs is 1. The van der Waals surface area contributed by atoms with Gasteiger partial charge in [-0.1, -0.05) is 12.1 Å². The van der Waals surface area contributed by atoms with E-state index in [-0.39, 0.29) is 0 Å². The number of aromatic amines is 1. The number of H-pyrrole nitrogens is 1. The van der Waals surface area contributed by atoms with Crippen molar-refractivity contribution in [2.75, 3.05) is 12.8 Å². The molecule has 0 amide bonds. The number of hydrogen-bond donors (Lipinski definition) is 2. The number of aryl methyl sites for hydroxylation is 2. The fraction of sp³-hybridized carbons (Fsp3) is 0.214. The Kier molecular flexibility index (Phi) is 3.20. The number of nitrogens with two attached hydrogens (primary N) is 1. The van der Waals surface area contributed by atoms with Gasteiger partial charge in [0.25, 0.3) is 0 Å².